The summed E-state index contributed by atoms with van der Waals surface area (Å²) in [5, 5.41) is 0. The van der Waals surface area contributed by atoms with Crippen LogP contribution in [0.25, 0.3) is 0 Å². The minimum atomic E-state index is -4.64. The molecule has 0 saturated carbocycles. The molecule has 0 aliphatic heterocycles. The van der Waals surface area contributed by atoms with Crippen molar-refractivity contribution in [2.45, 2.75) is 367 Å². The molecule has 82 heavy (non-hydrogen) atoms. The number of phosphoric ester groups is 1. The molecule has 0 aromatic carbocycles. The fraction of sp³-hybridized carbons (Fsp3) is 0.889. The van der Waals surface area contributed by atoms with Crippen molar-refractivity contribution >= 4 is 19.8 Å². The molecule has 0 spiro atoms. The highest BCUT2D eigenvalue weighted by atomic mass is 31.2. The number of unbranched alkanes of at least 4 members (excludes halogenated alkanes) is 47. The van der Waals surface area contributed by atoms with Gasteiger partial charge in [-0.3, -0.25) is 14.2 Å². The van der Waals surface area contributed by atoms with Gasteiger partial charge in [0, 0.05) is 12.8 Å². The molecule has 2 atom stereocenters. The third kappa shape index (κ3) is 67.4. The van der Waals surface area contributed by atoms with E-state index in [0.717, 1.165) is 38.5 Å². The van der Waals surface area contributed by atoms with Crippen molar-refractivity contribution in [3.8, 4) is 0 Å². The summed E-state index contributed by atoms with van der Waals surface area (Å²) in [6.07, 6.45) is 80.9. The molecular weight excluding hydrogens is 1040 g/mol. The lowest BCUT2D eigenvalue weighted by atomic mass is 10.0. The molecule has 0 heterocycles. The highest BCUT2D eigenvalue weighted by Crippen LogP contribution is 2.38. The monoisotopic (exact) mass is 1180 g/mol. The average Bonchev–Trinajstić information content (AvgIpc) is 3.46. The first-order chi connectivity index (χ1) is 40.0. The van der Waals surface area contributed by atoms with Crippen molar-refractivity contribution in [3.63, 3.8) is 0 Å². The molecule has 0 bridgehead atoms. The maximum atomic E-state index is 12.9. The van der Waals surface area contributed by atoms with E-state index in [2.05, 4.69) is 50.3 Å². The van der Waals surface area contributed by atoms with Crippen LogP contribution < -0.4 is 4.89 Å². The van der Waals surface area contributed by atoms with Gasteiger partial charge in [-0.25, -0.2) is 0 Å². The Balaban J connectivity index is 3.98. The van der Waals surface area contributed by atoms with Gasteiger partial charge in [0.15, 0.2) is 6.10 Å². The lowest BCUT2D eigenvalue weighted by molar-refractivity contribution is -0.870. The van der Waals surface area contributed by atoms with E-state index >= 15 is 0 Å². The van der Waals surface area contributed by atoms with E-state index in [1.54, 1.807) is 0 Å². The highest BCUT2D eigenvalue weighted by Gasteiger charge is 2.22. The van der Waals surface area contributed by atoms with Gasteiger partial charge in [0.25, 0.3) is 7.82 Å². The highest BCUT2D eigenvalue weighted by molar-refractivity contribution is 7.45. The van der Waals surface area contributed by atoms with Crippen LogP contribution in [0.2, 0.25) is 0 Å². The van der Waals surface area contributed by atoms with Gasteiger partial charge in [-0.2, -0.15) is 0 Å². The number of carbonyl (C=O) groups excluding carboxylic acids is 2. The topological polar surface area (TPSA) is 111 Å². The van der Waals surface area contributed by atoms with E-state index < -0.39 is 26.5 Å². The van der Waals surface area contributed by atoms with E-state index in [1.807, 2.05) is 21.1 Å². The number of ether oxygens (including phenoxy) is 2. The van der Waals surface area contributed by atoms with Gasteiger partial charge in [-0.05, 0) is 70.6 Å². The van der Waals surface area contributed by atoms with E-state index in [0.29, 0.717) is 17.4 Å². The summed E-state index contributed by atoms with van der Waals surface area (Å²) in [4.78, 5) is 38.1. The lowest BCUT2D eigenvalue weighted by Crippen LogP contribution is -2.37. The van der Waals surface area contributed by atoms with Crippen molar-refractivity contribution in [2.24, 2.45) is 0 Å². The number of hydrogen-bond donors (Lipinski definition) is 0. The summed E-state index contributed by atoms with van der Waals surface area (Å²) in [6, 6.07) is 0. The summed E-state index contributed by atoms with van der Waals surface area (Å²) < 4.78 is 34.3. The van der Waals surface area contributed by atoms with Crippen LogP contribution >= 0.6 is 7.82 Å². The number of nitrogens with zero attached hydrogens (tertiary/aromatic N) is 1. The van der Waals surface area contributed by atoms with Gasteiger partial charge in [-0.1, -0.05) is 314 Å². The molecule has 2 unspecified atom stereocenters. The van der Waals surface area contributed by atoms with Crippen LogP contribution in [0.3, 0.4) is 0 Å². The fourth-order valence-corrected chi connectivity index (χ4v) is 11.4. The number of quaternary nitrogens is 1. The van der Waals surface area contributed by atoms with Crippen molar-refractivity contribution in [1.29, 1.82) is 0 Å². The Hall–Kier alpha value is -1.77. The van der Waals surface area contributed by atoms with Crippen molar-refractivity contribution < 1.29 is 42.1 Å². The SMILES string of the molecule is CCCCCCC/C=C\C/C=C\CCCCCCCCCCCCCCCCCCCCCCCC(=O)OC(COC(=O)CCCCCCCCCCCCCCC/C=C\CCCCCCCCCC)COP(=O)([O-])OCC[N+](C)(C)C. The minimum absolute atomic E-state index is 0.0280. The first kappa shape index (κ1) is 80.2. The maximum Gasteiger partial charge on any atom is 0.306 e. The Morgan fingerprint density at radius 2 is 0.659 bits per heavy atom. The second-order valence-corrected chi connectivity index (χ2v) is 27.0. The predicted molar refractivity (Wildman–Crippen MR) is 351 cm³/mol. The average molecular weight is 1180 g/mol. The Morgan fingerprint density at radius 1 is 0.378 bits per heavy atom. The molecule has 0 aliphatic rings. The summed E-state index contributed by atoms with van der Waals surface area (Å²) in [5.74, 6) is -0.812. The van der Waals surface area contributed by atoms with E-state index in [-0.39, 0.29) is 32.0 Å². The van der Waals surface area contributed by atoms with Crippen LogP contribution in [0.5, 0.6) is 0 Å². The van der Waals surface area contributed by atoms with Gasteiger partial charge in [0.2, 0.25) is 0 Å². The summed E-state index contributed by atoms with van der Waals surface area (Å²) in [5.41, 5.74) is 0. The van der Waals surface area contributed by atoms with Crippen LogP contribution in [-0.4, -0.2) is 70.0 Å². The first-order valence-electron chi connectivity index (χ1n) is 35.7. The molecule has 484 valence electrons. The number of rotatable bonds is 67. The maximum absolute atomic E-state index is 12.9. The molecular formula is C72H138NO8P. The van der Waals surface area contributed by atoms with Gasteiger partial charge in [0.05, 0.1) is 27.7 Å². The van der Waals surface area contributed by atoms with Gasteiger partial charge >= 0.3 is 11.9 Å². The lowest BCUT2D eigenvalue weighted by Gasteiger charge is -2.28. The number of phosphoric acid groups is 1. The Morgan fingerprint density at radius 3 is 0.976 bits per heavy atom. The smallest absolute Gasteiger partial charge is 0.306 e. The van der Waals surface area contributed by atoms with Crippen molar-refractivity contribution in [3.05, 3.63) is 36.5 Å². The largest absolute Gasteiger partial charge is 0.756 e. The zero-order valence-electron chi connectivity index (χ0n) is 55.2. The van der Waals surface area contributed by atoms with E-state index in [1.165, 1.54) is 289 Å². The van der Waals surface area contributed by atoms with Gasteiger partial charge in [-0.15, -0.1) is 0 Å². The Bertz CT molecular complexity index is 1480. The van der Waals surface area contributed by atoms with Gasteiger partial charge < -0.3 is 27.9 Å². The number of esters is 2. The first-order valence-corrected chi connectivity index (χ1v) is 37.2. The third-order valence-corrected chi connectivity index (χ3v) is 17.1. The molecule has 9 nitrogen and oxygen atoms in total. The normalized spacial score (nSPS) is 13.3. The summed E-state index contributed by atoms with van der Waals surface area (Å²) in [7, 11) is 1.19. The van der Waals surface area contributed by atoms with Crippen LogP contribution in [0.1, 0.15) is 361 Å². The number of carbonyl (C=O) groups is 2. The molecule has 0 fully saturated rings. The van der Waals surface area contributed by atoms with Crippen LogP contribution in [0.15, 0.2) is 36.5 Å². The molecule has 0 N–H and O–H groups in total. The van der Waals surface area contributed by atoms with Crippen LogP contribution in [-0.2, 0) is 32.7 Å². The fourth-order valence-electron chi connectivity index (χ4n) is 10.6. The molecule has 0 amide bonds. The number of allylic oxidation sites excluding steroid dienone is 6. The number of hydrogen-bond acceptors (Lipinski definition) is 8. The zero-order chi connectivity index (χ0) is 59.8. The predicted octanol–water partition coefficient (Wildman–Crippen LogP) is 22.4. The number of likely N-dealkylation sites (N-methyl/N-ethyl adjacent to an activating group) is 1. The van der Waals surface area contributed by atoms with Gasteiger partial charge in [0.1, 0.15) is 19.8 Å². The standard InChI is InChI=1S/C72H138NO8P/c1-6-8-10-12-14-16-18-20-22-24-26-28-30-32-33-34-35-36-37-38-39-41-43-45-47-49-51-53-55-57-59-61-63-65-72(75)81-70(69-80-82(76,77)79-67-66-73(3,4)5)68-78-71(74)64-62-60-58-56-54-52-50-48-46-44-42-40-31-29-27-25-23-21-19-17-15-13-11-9-7-2/h18,20,24-27,70H,6-17,19,21-23,28-69H2,1-5H3/b20-18-,26-24-,27-25-. The van der Waals surface area contributed by atoms with E-state index in [4.69, 9.17) is 18.5 Å². The molecule has 10 heteroatoms. The second kappa shape index (κ2) is 63.7. The minimum Gasteiger partial charge on any atom is -0.756 e. The Kier molecular flexibility index (Phi) is 62.3. The summed E-state index contributed by atoms with van der Waals surface area (Å²) >= 11 is 0. The Labute approximate surface area is 510 Å². The molecule has 0 aliphatic carbocycles. The van der Waals surface area contributed by atoms with Crippen molar-refractivity contribution in [1.82, 2.24) is 0 Å². The molecule has 0 saturated heterocycles. The summed E-state index contributed by atoms with van der Waals surface area (Å²) in [6.45, 7) is 4.30. The van der Waals surface area contributed by atoms with E-state index in [9.17, 15) is 19.0 Å². The van der Waals surface area contributed by atoms with Crippen LogP contribution in [0, 0.1) is 0 Å². The molecule has 0 rings (SSSR count). The zero-order valence-corrected chi connectivity index (χ0v) is 56.1. The molecule has 0 radical (unpaired) electrons. The third-order valence-electron chi connectivity index (χ3n) is 16.1. The second-order valence-electron chi connectivity index (χ2n) is 25.6. The quantitative estimate of drug-likeness (QED) is 0.0195. The van der Waals surface area contributed by atoms with Crippen LogP contribution in [0.4, 0.5) is 0 Å². The molecule has 0 aromatic rings. The molecule has 0 aromatic heterocycles. The van der Waals surface area contributed by atoms with Crippen molar-refractivity contribution in [2.75, 3.05) is 47.5 Å².